The molecule has 154 valence electrons. The van der Waals surface area contributed by atoms with Gasteiger partial charge in [0.2, 0.25) is 6.10 Å². The van der Waals surface area contributed by atoms with Gasteiger partial charge in [-0.25, -0.2) is 4.98 Å². The highest BCUT2D eigenvalue weighted by atomic mass is 32.1. The average molecular weight is 442 g/mol. The fraction of sp³-hybridized carbons (Fsp3) is 0.286. The number of para-hydroxylation sites is 2. The van der Waals surface area contributed by atoms with Crippen LogP contribution in [-0.4, -0.2) is 65.5 Å². The maximum absolute atomic E-state index is 12.9. The van der Waals surface area contributed by atoms with Crippen molar-refractivity contribution in [2.45, 2.75) is 6.10 Å². The van der Waals surface area contributed by atoms with Crippen molar-refractivity contribution < 1.29 is 19.1 Å². The summed E-state index contributed by atoms with van der Waals surface area (Å²) in [7, 11) is 0. The summed E-state index contributed by atoms with van der Waals surface area (Å²) in [5, 5.41) is 4.66. The maximum atomic E-state index is 12.9. The van der Waals surface area contributed by atoms with E-state index in [1.54, 1.807) is 32.6 Å². The molecule has 0 N–H and O–H groups in total. The van der Waals surface area contributed by atoms with E-state index in [-0.39, 0.29) is 18.4 Å². The van der Waals surface area contributed by atoms with Gasteiger partial charge in [0.1, 0.15) is 17.3 Å². The molecule has 1 atom stereocenters. The lowest BCUT2D eigenvalue weighted by atomic mass is 10.2. The van der Waals surface area contributed by atoms with E-state index in [2.05, 4.69) is 4.98 Å². The molecule has 0 radical (unpaired) electrons. The Morgan fingerprint density at radius 1 is 0.967 bits per heavy atom. The summed E-state index contributed by atoms with van der Waals surface area (Å²) < 4.78 is 11.5. The number of aromatic nitrogens is 1. The average Bonchev–Trinajstić information content (AvgIpc) is 3.50. The zero-order valence-corrected chi connectivity index (χ0v) is 17.7. The van der Waals surface area contributed by atoms with Crippen LogP contribution in [0.25, 0.3) is 9.88 Å². The van der Waals surface area contributed by atoms with Crippen LogP contribution in [0.1, 0.15) is 10.5 Å². The van der Waals surface area contributed by atoms with Gasteiger partial charge in [-0.15, -0.1) is 22.7 Å². The van der Waals surface area contributed by atoms with Crippen molar-refractivity contribution in [2.75, 3.05) is 32.8 Å². The van der Waals surface area contributed by atoms with Crippen molar-refractivity contribution in [2.24, 2.45) is 0 Å². The molecule has 3 aromatic rings. The summed E-state index contributed by atoms with van der Waals surface area (Å²) in [5.74, 6) is 1.04. The molecule has 4 heterocycles. The summed E-state index contributed by atoms with van der Waals surface area (Å²) in [6.45, 7) is 2.07. The fourth-order valence-corrected chi connectivity index (χ4v) is 5.13. The summed E-state index contributed by atoms with van der Waals surface area (Å²) in [4.78, 5) is 34.7. The van der Waals surface area contributed by atoms with Crippen LogP contribution < -0.4 is 9.47 Å². The van der Waals surface area contributed by atoms with Crippen molar-refractivity contribution in [3.8, 4) is 21.4 Å². The van der Waals surface area contributed by atoms with E-state index in [1.165, 1.54) is 11.3 Å². The van der Waals surface area contributed by atoms with E-state index in [9.17, 15) is 9.59 Å². The maximum Gasteiger partial charge on any atom is 0.273 e. The Balaban J connectivity index is 1.18. The number of rotatable bonds is 3. The van der Waals surface area contributed by atoms with Crippen LogP contribution in [-0.2, 0) is 4.79 Å². The van der Waals surface area contributed by atoms with Crippen LogP contribution in [0, 0.1) is 0 Å². The number of hydrogen-bond acceptors (Lipinski definition) is 7. The van der Waals surface area contributed by atoms with Gasteiger partial charge in [-0.2, -0.15) is 0 Å². The van der Waals surface area contributed by atoms with E-state index in [1.807, 2.05) is 35.7 Å². The summed E-state index contributed by atoms with van der Waals surface area (Å²) in [6.07, 6.45) is -0.658. The molecule has 1 fully saturated rings. The summed E-state index contributed by atoms with van der Waals surface area (Å²) in [5.41, 5.74) is 0.462. The molecular formula is C21H19N3O4S2. The number of hydrogen-bond donors (Lipinski definition) is 0. The minimum Gasteiger partial charge on any atom is -0.485 e. The first-order chi connectivity index (χ1) is 14.7. The topological polar surface area (TPSA) is 72.0 Å². The molecule has 1 aromatic carbocycles. The molecule has 2 aliphatic heterocycles. The smallest absolute Gasteiger partial charge is 0.273 e. The van der Waals surface area contributed by atoms with E-state index in [0.717, 1.165) is 9.88 Å². The van der Waals surface area contributed by atoms with Crippen LogP contribution in [0.4, 0.5) is 0 Å². The van der Waals surface area contributed by atoms with E-state index in [4.69, 9.17) is 9.47 Å². The van der Waals surface area contributed by atoms with Crippen LogP contribution in [0.2, 0.25) is 0 Å². The van der Waals surface area contributed by atoms with Gasteiger partial charge >= 0.3 is 0 Å². The van der Waals surface area contributed by atoms with Gasteiger partial charge in [-0.3, -0.25) is 9.59 Å². The zero-order valence-electron chi connectivity index (χ0n) is 16.0. The lowest BCUT2D eigenvalue weighted by Crippen LogP contribution is -2.55. The second-order valence-corrected chi connectivity index (χ2v) is 8.80. The predicted octanol–water partition coefficient (Wildman–Crippen LogP) is 3.00. The molecule has 0 spiro atoms. The number of nitrogens with zero attached hydrogens (tertiary/aromatic N) is 3. The molecule has 0 aliphatic carbocycles. The Morgan fingerprint density at radius 3 is 2.50 bits per heavy atom. The second kappa shape index (κ2) is 8.08. The lowest BCUT2D eigenvalue weighted by molar-refractivity contribution is -0.142. The first kappa shape index (κ1) is 19.1. The number of piperazine rings is 1. The standard InChI is InChI=1S/C21H19N3O4S2/c25-20(14-13-30-19(22-14)18-6-3-11-29-18)23-7-9-24(10-8-23)21(26)17-12-27-15-4-1-2-5-16(15)28-17/h1-6,11,13,17H,7-10,12H2/t17-/m0/s1. The molecule has 0 bridgehead atoms. The van der Waals surface area contributed by atoms with Gasteiger partial charge in [-0.05, 0) is 23.6 Å². The van der Waals surface area contributed by atoms with Crippen molar-refractivity contribution in [3.63, 3.8) is 0 Å². The molecule has 2 aliphatic rings. The van der Waals surface area contributed by atoms with Crippen molar-refractivity contribution in [3.05, 3.63) is 52.9 Å². The van der Waals surface area contributed by atoms with Gasteiger partial charge in [0, 0.05) is 31.6 Å². The highest BCUT2D eigenvalue weighted by molar-refractivity contribution is 7.20. The summed E-state index contributed by atoms with van der Waals surface area (Å²) in [6, 6.07) is 11.3. The van der Waals surface area contributed by atoms with Crippen LogP contribution in [0.15, 0.2) is 47.2 Å². The second-order valence-electron chi connectivity index (χ2n) is 7.00. The number of carbonyl (C=O) groups is 2. The first-order valence-corrected chi connectivity index (χ1v) is 11.4. The summed E-state index contributed by atoms with van der Waals surface area (Å²) >= 11 is 3.08. The highest BCUT2D eigenvalue weighted by Gasteiger charge is 2.33. The third-order valence-electron chi connectivity index (χ3n) is 5.12. The van der Waals surface area contributed by atoms with Gasteiger partial charge in [-0.1, -0.05) is 18.2 Å². The molecule has 9 heteroatoms. The number of amides is 2. The minimum absolute atomic E-state index is 0.0904. The quantitative estimate of drug-likeness (QED) is 0.625. The SMILES string of the molecule is O=C(c1csc(-c2cccs2)n1)N1CCN(C(=O)[C@@H]2COc3ccccc3O2)CC1. The third kappa shape index (κ3) is 3.66. The monoisotopic (exact) mass is 441 g/mol. The largest absolute Gasteiger partial charge is 0.485 e. The fourth-order valence-electron chi connectivity index (χ4n) is 3.52. The number of benzene rings is 1. The highest BCUT2D eigenvalue weighted by Crippen LogP contribution is 2.31. The van der Waals surface area contributed by atoms with E-state index >= 15 is 0 Å². The molecule has 1 saturated heterocycles. The molecule has 30 heavy (non-hydrogen) atoms. The van der Waals surface area contributed by atoms with Crippen molar-refractivity contribution in [1.29, 1.82) is 0 Å². The van der Waals surface area contributed by atoms with Crippen LogP contribution >= 0.6 is 22.7 Å². The molecule has 0 unspecified atom stereocenters. The molecule has 2 amide bonds. The molecule has 2 aromatic heterocycles. The van der Waals surface area contributed by atoms with Gasteiger partial charge in [0.05, 0.1) is 4.88 Å². The van der Waals surface area contributed by atoms with Gasteiger partial charge in [0.15, 0.2) is 11.5 Å². The lowest BCUT2D eigenvalue weighted by Gasteiger charge is -2.37. The van der Waals surface area contributed by atoms with E-state index in [0.29, 0.717) is 43.4 Å². The molecular weight excluding hydrogens is 422 g/mol. The number of thiophene rings is 1. The van der Waals surface area contributed by atoms with Crippen molar-refractivity contribution >= 4 is 34.5 Å². The van der Waals surface area contributed by atoms with Gasteiger partial charge < -0.3 is 19.3 Å². The first-order valence-electron chi connectivity index (χ1n) is 9.65. The Kier molecular flexibility index (Phi) is 5.14. The predicted molar refractivity (Wildman–Crippen MR) is 114 cm³/mol. The zero-order chi connectivity index (χ0) is 20.5. The van der Waals surface area contributed by atoms with Crippen LogP contribution in [0.3, 0.4) is 0 Å². The molecule has 0 saturated carbocycles. The Hall–Kier alpha value is -2.91. The number of carbonyl (C=O) groups excluding carboxylic acids is 2. The Bertz CT molecular complexity index is 1060. The van der Waals surface area contributed by atoms with Crippen LogP contribution in [0.5, 0.6) is 11.5 Å². The Labute approximate surface area is 181 Å². The molecule has 5 rings (SSSR count). The number of fused-ring (bicyclic) bond motifs is 1. The number of ether oxygens (including phenoxy) is 2. The van der Waals surface area contributed by atoms with E-state index < -0.39 is 6.10 Å². The van der Waals surface area contributed by atoms with Crippen molar-refractivity contribution in [1.82, 2.24) is 14.8 Å². The van der Waals surface area contributed by atoms with Gasteiger partial charge in [0.25, 0.3) is 11.8 Å². The normalized spacial score (nSPS) is 18.3. The number of thiazole rings is 1. The minimum atomic E-state index is -0.658. The third-order valence-corrected chi connectivity index (χ3v) is 7.00. The molecule has 7 nitrogen and oxygen atoms in total. The Morgan fingerprint density at radius 2 is 1.73 bits per heavy atom.